The maximum Gasteiger partial charge on any atom is 0.272 e. The van der Waals surface area contributed by atoms with Crippen LogP contribution in [0.3, 0.4) is 0 Å². The van der Waals surface area contributed by atoms with Crippen LogP contribution in [0.25, 0.3) is 0 Å². The Hall–Kier alpha value is -2.30. The average molecular weight is 247 g/mol. The lowest BCUT2D eigenvalue weighted by Gasteiger charge is -2.14. The molecule has 0 unspecified atom stereocenters. The predicted octanol–water partition coefficient (Wildman–Crippen LogP) is 1.44. The topological polar surface area (TPSA) is 75.6 Å². The summed E-state index contributed by atoms with van der Waals surface area (Å²) < 4.78 is 5.07. The van der Waals surface area contributed by atoms with Crippen LogP contribution in [-0.2, 0) is 0 Å². The number of phenols is 1. The zero-order valence-corrected chi connectivity index (χ0v) is 10.1. The van der Waals surface area contributed by atoms with Gasteiger partial charge in [0.05, 0.1) is 12.3 Å². The second kappa shape index (κ2) is 4.52. The molecule has 0 radical (unpaired) electrons. The number of ether oxygens (including phenoxy) is 1. The lowest BCUT2D eigenvalue weighted by atomic mass is 10.1. The van der Waals surface area contributed by atoms with Gasteiger partial charge >= 0.3 is 0 Å². The van der Waals surface area contributed by atoms with Gasteiger partial charge in [0.2, 0.25) is 0 Å². The maximum absolute atomic E-state index is 11.4. The largest absolute Gasteiger partial charge is 0.506 e. The summed E-state index contributed by atoms with van der Waals surface area (Å²) in [5.41, 5.74) is 0.104. The minimum atomic E-state index is -0.633. The highest BCUT2D eigenvalue weighted by Crippen LogP contribution is 2.29. The standard InChI is InChI=1S/C13H13NO4/c1-3-18-13-10(11(16)12(13)17)14-8-5-4-7(2)6-9(8)15/h4-6,14-15H,3H2,1-2H3. The van der Waals surface area contributed by atoms with Crippen LogP contribution in [0.5, 0.6) is 11.5 Å². The molecule has 0 aromatic heterocycles. The van der Waals surface area contributed by atoms with E-state index in [1.165, 1.54) is 0 Å². The highest BCUT2D eigenvalue weighted by atomic mass is 16.5. The molecule has 0 aliphatic rings. The predicted molar refractivity (Wildman–Crippen MR) is 68.6 cm³/mol. The van der Waals surface area contributed by atoms with Gasteiger partial charge in [0.25, 0.3) is 10.9 Å². The number of anilines is 2. The zero-order chi connectivity index (χ0) is 13.3. The number of hydrogen-bond donors (Lipinski definition) is 2. The van der Waals surface area contributed by atoms with Gasteiger partial charge in [-0.15, -0.1) is 0 Å². The number of hydrogen-bond acceptors (Lipinski definition) is 5. The van der Waals surface area contributed by atoms with E-state index in [1.54, 1.807) is 25.1 Å². The summed E-state index contributed by atoms with van der Waals surface area (Å²) >= 11 is 0. The fourth-order valence-electron chi connectivity index (χ4n) is 1.65. The Labute approximate surface area is 103 Å². The van der Waals surface area contributed by atoms with Crippen LogP contribution in [0.2, 0.25) is 0 Å². The lowest BCUT2D eigenvalue weighted by molar-refractivity contribution is 0.335. The van der Waals surface area contributed by atoms with Gasteiger partial charge in [0.1, 0.15) is 11.4 Å². The Bertz CT molecular complexity index is 653. The molecule has 0 bridgehead atoms. The van der Waals surface area contributed by atoms with Crippen LogP contribution in [0, 0.1) is 6.92 Å². The molecule has 2 rings (SSSR count). The number of aromatic hydroxyl groups is 1. The molecule has 0 spiro atoms. The van der Waals surface area contributed by atoms with E-state index in [-0.39, 0.29) is 17.2 Å². The van der Waals surface area contributed by atoms with Gasteiger partial charge in [-0.2, -0.15) is 0 Å². The van der Waals surface area contributed by atoms with Crippen molar-refractivity contribution < 1.29 is 9.84 Å². The Morgan fingerprint density at radius 3 is 2.61 bits per heavy atom. The molecule has 0 aliphatic heterocycles. The molecule has 0 saturated carbocycles. The summed E-state index contributed by atoms with van der Waals surface area (Å²) in [5, 5.41) is 12.4. The fourth-order valence-corrected chi connectivity index (χ4v) is 1.65. The molecule has 94 valence electrons. The smallest absolute Gasteiger partial charge is 0.272 e. The van der Waals surface area contributed by atoms with E-state index >= 15 is 0 Å². The van der Waals surface area contributed by atoms with E-state index in [0.29, 0.717) is 12.3 Å². The summed E-state index contributed by atoms with van der Waals surface area (Å²) in [7, 11) is 0. The minimum Gasteiger partial charge on any atom is -0.506 e. The van der Waals surface area contributed by atoms with Crippen molar-refractivity contribution in [3.63, 3.8) is 0 Å². The molecular weight excluding hydrogens is 234 g/mol. The van der Waals surface area contributed by atoms with Crippen molar-refractivity contribution in [2.24, 2.45) is 0 Å². The summed E-state index contributed by atoms with van der Waals surface area (Å²) in [4.78, 5) is 22.7. The Morgan fingerprint density at radius 1 is 1.28 bits per heavy atom. The van der Waals surface area contributed by atoms with Gasteiger partial charge in [-0.1, -0.05) is 6.07 Å². The molecule has 18 heavy (non-hydrogen) atoms. The van der Waals surface area contributed by atoms with E-state index in [4.69, 9.17) is 4.74 Å². The van der Waals surface area contributed by atoms with Crippen LogP contribution in [0.4, 0.5) is 11.4 Å². The normalized spacial score (nSPS) is 10.6. The van der Waals surface area contributed by atoms with E-state index in [9.17, 15) is 14.7 Å². The molecule has 2 aromatic carbocycles. The van der Waals surface area contributed by atoms with Crippen LogP contribution in [-0.4, -0.2) is 11.7 Å². The third-order valence-electron chi connectivity index (χ3n) is 2.57. The van der Waals surface area contributed by atoms with Crippen molar-refractivity contribution in [1.29, 1.82) is 0 Å². The second-order valence-electron chi connectivity index (χ2n) is 3.94. The quantitative estimate of drug-likeness (QED) is 0.631. The first-order valence-corrected chi connectivity index (χ1v) is 5.57. The Balaban J connectivity index is 2.32. The first kappa shape index (κ1) is 12.2. The highest BCUT2D eigenvalue weighted by molar-refractivity contribution is 5.73. The lowest BCUT2D eigenvalue weighted by Crippen LogP contribution is -2.35. The van der Waals surface area contributed by atoms with E-state index in [0.717, 1.165) is 5.56 Å². The Morgan fingerprint density at radius 2 is 2.00 bits per heavy atom. The summed E-state index contributed by atoms with van der Waals surface area (Å²) in [6, 6.07) is 4.99. The number of rotatable bonds is 4. The molecule has 0 atom stereocenters. The summed E-state index contributed by atoms with van der Waals surface area (Å²) in [6.45, 7) is 3.87. The van der Waals surface area contributed by atoms with Crippen LogP contribution < -0.4 is 20.9 Å². The molecule has 0 saturated heterocycles. The molecule has 5 heteroatoms. The second-order valence-corrected chi connectivity index (χ2v) is 3.94. The molecule has 2 N–H and O–H groups in total. The SMILES string of the molecule is CCOc1c(Nc2ccc(C)cc2O)c(=O)c1=O. The molecule has 5 nitrogen and oxygen atoms in total. The molecule has 0 amide bonds. The van der Waals surface area contributed by atoms with Gasteiger partial charge in [0.15, 0.2) is 5.75 Å². The van der Waals surface area contributed by atoms with Crippen molar-refractivity contribution >= 4 is 11.4 Å². The molecular formula is C13H13NO4. The minimum absolute atomic E-state index is 0.0190. The highest BCUT2D eigenvalue weighted by Gasteiger charge is 2.22. The van der Waals surface area contributed by atoms with Crippen LogP contribution in [0.1, 0.15) is 12.5 Å². The summed E-state index contributed by atoms with van der Waals surface area (Å²) in [5.74, 6) is 0.0490. The first-order valence-electron chi connectivity index (χ1n) is 5.57. The van der Waals surface area contributed by atoms with Crippen molar-refractivity contribution in [1.82, 2.24) is 0 Å². The van der Waals surface area contributed by atoms with E-state index in [1.807, 2.05) is 6.92 Å². The van der Waals surface area contributed by atoms with Gasteiger partial charge in [-0.05, 0) is 31.5 Å². The molecule has 0 heterocycles. The van der Waals surface area contributed by atoms with Crippen LogP contribution in [0.15, 0.2) is 27.8 Å². The third kappa shape index (κ3) is 1.95. The monoisotopic (exact) mass is 247 g/mol. The fraction of sp³-hybridized carbons (Fsp3) is 0.231. The number of benzene rings is 1. The average Bonchev–Trinajstić information content (AvgIpc) is 2.35. The van der Waals surface area contributed by atoms with Crippen LogP contribution >= 0.6 is 0 Å². The summed E-state index contributed by atoms with van der Waals surface area (Å²) in [6.07, 6.45) is 0. The van der Waals surface area contributed by atoms with Crippen molar-refractivity contribution in [3.05, 3.63) is 44.2 Å². The van der Waals surface area contributed by atoms with Gasteiger partial charge < -0.3 is 15.2 Å². The third-order valence-corrected chi connectivity index (χ3v) is 2.57. The van der Waals surface area contributed by atoms with Gasteiger partial charge in [-0.3, -0.25) is 9.59 Å². The maximum atomic E-state index is 11.4. The van der Waals surface area contributed by atoms with E-state index < -0.39 is 10.9 Å². The Kier molecular flexibility index (Phi) is 3.06. The first-order chi connectivity index (χ1) is 8.54. The van der Waals surface area contributed by atoms with Gasteiger partial charge in [-0.25, -0.2) is 0 Å². The van der Waals surface area contributed by atoms with Crippen molar-refractivity contribution in [3.8, 4) is 11.5 Å². The molecule has 2 aromatic rings. The van der Waals surface area contributed by atoms with E-state index in [2.05, 4.69) is 5.32 Å². The number of nitrogens with one attached hydrogen (secondary N) is 1. The molecule has 0 aliphatic carbocycles. The van der Waals surface area contributed by atoms with Crippen molar-refractivity contribution in [2.45, 2.75) is 13.8 Å². The number of aryl methyl sites for hydroxylation is 1. The van der Waals surface area contributed by atoms with Crippen molar-refractivity contribution in [2.75, 3.05) is 11.9 Å². The molecule has 0 fully saturated rings. The van der Waals surface area contributed by atoms with Gasteiger partial charge in [0, 0.05) is 0 Å². The number of phenolic OH excluding ortho intramolecular Hbond substituents is 1. The zero-order valence-electron chi connectivity index (χ0n) is 10.1.